The first-order valence-electron chi connectivity index (χ1n) is 5.88. The van der Waals surface area contributed by atoms with Gasteiger partial charge in [-0.2, -0.15) is 11.8 Å². The number of hydrogen-bond acceptors (Lipinski definition) is 3. The molecule has 0 aromatic heterocycles. The van der Waals surface area contributed by atoms with Crippen LogP contribution < -0.4 is 0 Å². The first-order chi connectivity index (χ1) is 7.77. The average Bonchev–Trinajstić information content (AvgIpc) is 2.48. The van der Waals surface area contributed by atoms with Gasteiger partial charge < -0.3 is 4.74 Å². The molecule has 0 bridgehead atoms. The van der Waals surface area contributed by atoms with E-state index in [1.165, 1.54) is 7.11 Å². The molecule has 2 atom stereocenters. The van der Waals surface area contributed by atoms with E-state index in [0.29, 0.717) is 5.25 Å². The maximum absolute atomic E-state index is 12.0. The lowest BCUT2D eigenvalue weighted by Gasteiger charge is -2.42. The number of hydrogen-bond donors (Lipinski definition) is 0. The van der Waals surface area contributed by atoms with Crippen molar-refractivity contribution in [2.24, 2.45) is 0 Å². The third-order valence-corrected chi connectivity index (χ3v) is 4.37. The molecule has 0 aromatic rings. The Labute approximate surface area is 109 Å². The van der Waals surface area contributed by atoms with Gasteiger partial charge in [-0.3, -0.25) is 4.90 Å². The quantitative estimate of drug-likeness (QED) is 0.727. The molecule has 0 saturated heterocycles. The molecular weight excluding hydrogens is 234 g/mol. The Kier molecular flexibility index (Phi) is 4.18. The highest BCUT2D eigenvalue weighted by Gasteiger charge is 2.47. The van der Waals surface area contributed by atoms with E-state index in [4.69, 9.17) is 4.74 Å². The Morgan fingerprint density at radius 1 is 1.41 bits per heavy atom. The fourth-order valence-electron chi connectivity index (χ4n) is 2.55. The standard InChI is InChI=1S/C13H23NO2S/c1-10(17-6)9-13(4)8-7-12(2,3)14(13)11(15)16-5/h7-8,10H,9H2,1-6H3. The molecule has 1 amide bonds. The number of carbonyl (C=O) groups is 1. The zero-order valence-electron chi connectivity index (χ0n) is 11.6. The normalized spacial score (nSPS) is 28.2. The molecule has 4 heteroatoms. The zero-order chi connectivity index (χ0) is 13.3. The Morgan fingerprint density at radius 2 is 2.00 bits per heavy atom. The van der Waals surface area contributed by atoms with Gasteiger partial charge in [-0.15, -0.1) is 0 Å². The highest BCUT2D eigenvalue weighted by atomic mass is 32.2. The summed E-state index contributed by atoms with van der Waals surface area (Å²) >= 11 is 1.82. The summed E-state index contributed by atoms with van der Waals surface area (Å²) in [6.07, 6.45) is 7.01. The SMILES string of the molecule is COC(=O)N1C(C)(C)C=CC1(C)CC(C)SC. The minimum atomic E-state index is -0.278. The molecule has 1 aliphatic rings. The van der Waals surface area contributed by atoms with Crippen molar-refractivity contribution in [3.8, 4) is 0 Å². The van der Waals surface area contributed by atoms with Crippen LogP contribution in [0.2, 0.25) is 0 Å². The fourth-order valence-corrected chi connectivity index (χ4v) is 3.05. The van der Waals surface area contributed by atoms with Crippen LogP contribution in [0.1, 0.15) is 34.1 Å². The number of amides is 1. The Bertz CT molecular complexity index is 327. The van der Waals surface area contributed by atoms with Crippen LogP contribution in [0.5, 0.6) is 0 Å². The second-order valence-corrected chi connectivity index (χ2v) is 6.68. The molecule has 1 heterocycles. The maximum Gasteiger partial charge on any atom is 0.410 e. The summed E-state index contributed by atoms with van der Waals surface area (Å²) in [7, 11) is 1.44. The summed E-state index contributed by atoms with van der Waals surface area (Å²) in [4.78, 5) is 13.8. The van der Waals surface area contributed by atoms with Crippen LogP contribution in [0.4, 0.5) is 4.79 Å². The van der Waals surface area contributed by atoms with Crippen LogP contribution in [0.15, 0.2) is 12.2 Å². The summed E-state index contributed by atoms with van der Waals surface area (Å²) < 4.78 is 4.92. The summed E-state index contributed by atoms with van der Waals surface area (Å²) in [5.41, 5.74) is -0.529. The van der Waals surface area contributed by atoms with Crippen molar-refractivity contribution < 1.29 is 9.53 Å². The van der Waals surface area contributed by atoms with E-state index in [2.05, 4.69) is 32.3 Å². The summed E-state index contributed by atoms with van der Waals surface area (Å²) in [6.45, 7) is 8.36. The van der Waals surface area contributed by atoms with Crippen LogP contribution in [-0.2, 0) is 4.74 Å². The van der Waals surface area contributed by atoms with Crippen molar-refractivity contribution in [3.63, 3.8) is 0 Å². The van der Waals surface area contributed by atoms with E-state index >= 15 is 0 Å². The molecular formula is C13H23NO2S. The maximum atomic E-state index is 12.0. The predicted molar refractivity (Wildman–Crippen MR) is 73.5 cm³/mol. The topological polar surface area (TPSA) is 29.5 Å². The minimum Gasteiger partial charge on any atom is -0.453 e. The molecule has 0 aromatic carbocycles. The lowest BCUT2D eigenvalue weighted by molar-refractivity contribution is 0.0553. The monoisotopic (exact) mass is 257 g/mol. The van der Waals surface area contributed by atoms with Crippen molar-refractivity contribution >= 4 is 17.9 Å². The number of thioether (sulfide) groups is 1. The van der Waals surface area contributed by atoms with Gasteiger partial charge >= 0.3 is 6.09 Å². The molecule has 0 fully saturated rings. The second-order valence-electron chi connectivity index (χ2n) is 5.40. The number of methoxy groups -OCH3 is 1. The van der Waals surface area contributed by atoms with Crippen molar-refractivity contribution in [1.29, 1.82) is 0 Å². The molecule has 0 aliphatic carbocycles. The number of carbonyl (C=O) groups excluding carboxylic acids is 1. The van der Waals surface area contributed by atoms with E-state index < -0.39 is 0 Å². The highest BCUT2D eigenvalue weighted by molar-refractivity contribution is 7.99. The molecule has 2 unspecified atom stereocenters. The van der Waals surface area contributed by atoms with Gasteiger partial charge in [-0.25, -0.2) is 4.79 Å². The first-order valence-corrected chi connectivity index (χ1v) is 7.17. The van der Waals surface area contributed by atoms with Gasteiger partial charge in [0.1, 0.15) is 0 Å². The number of nitrogens with zero attached hydrogens (tertiary/aromatic N) is 1. The van der Waals surface area contributed by atoms with Gasteiger partial charge in [0.05, 0.1) is 18.2 Å². The lowest BCUT2D eigenvalue weighted by Crippen LogP contribution is -2.54. The molecule has 17 heavy (non-hydrogen) atoms. The van der Waals surface area contributed by atoms with Crippen molar-refractivity contribution in [1.82, 2.24) is 4.90 Å². The Morgan fingerprint density at radius 3 is 2.47 bits per heavy atom. The molecule has 98 valence electrons. The van der Waals surface area contributed by atoms with Crippen LogP contribution >= 0.6 is 11.8 Å². The number of ether oxygens (including phenoxy) is 1. The lowest BCUT2D eigenvalue weighted by atomic mass is 9.95. The highest BCUT2D eigenvalue weighted by Crippen LogP contribution is 2.39. The van der Waals surface area contributed by atoms with Crippen LogP contribution in [-0.4, -0.2) is 40.7 Å². The van der Waals surface area contributed by atoms with E-state index in [0.717, 1.165) is 6.42 Å². The largest absolute Gasteiger partial charge is 0.453 e. The third kappa shape index (κ3) is 2.79. The van der Waals surface area contributed by atoms with Crippen molar-refractivity contribution in [2.45, 2.75) is 50.4 Å². The zero-order valence-corrected chi connectivity index (χ0v) is 12.4. The summed E-state index contributed by atoms with van der Waals surface area (Å²) in [5, 5.41) is 0.505. The van der Waals surface area contributed by atoms with Gasteiger partial charge in [0.25, 0.3) is 0 Å². The van der Waals surface area contributed by atoms with E-state index in [-0.39, 0.29) is 17.2 Å². The Hall–Kier alpha value is -0.640. The smallest absolute Gasteiger partial charge is 0.410 e. The molecule has 1 rings (SSSR count). The van der Waals surface area contributed by atoms with Crippen molar-refractivity contribution in [3.05, 3.63) is 12.2 Å². The van der Waals surface area contributed by atoms with Gasteiger partial charge in [-0.1, -0.05) is 19.1 Å². The van der Waals surface area contributed by atoms with Crippen LogP contribution in [0.25, 0.3) is 0 Å². The van der Waals surface area contributed by atoms with Gasteiger partial charge in [0.15, 0.2) is 0 Å². The minimum absolute atomic E-state index is 0.251. The molecule has 0 spiro atoms. The molecule has 0 radical (unpaired) electrons. The molecule has 3 nitrogen and oxygen atoms in total. The molecule has 0 saturated carbocycles. The summed E-state index contributed by atoms with van der Waals surface area (Å²) in [5.74, 6) is 0. The first kappa shape index (κ1) is 14.4. The van der Waals surface area contributed by atoms with Gasteiger partial charge in [0.2, 0.25) is 0 Å². The molecule has 1 aliphatic heterocycles. The van der Waals surface area contributed by atoms with Crippen LogP contribution in [0, 0.1) is 0 Å². The van der Waals surface area contributed by atoms with Crippen molar-refractivity contribution in [2.75, 3.05) is 13.4 Å². The predicted octanol–water partition coefficient (Wildman–Crippen LogP) is 3.30. The molecule has 0 N–H and O–H groups in total. The van der Waals surface area contributed by atoms with Crippen LogP contribution in [0.3, 0.4) is 0 Å². The number of rotatable bonds is 3. The van der Waals surface area contributed by atoms with E-state index in [9.17, 15) is 4.79 Å². The fraction of sp³-hybridized carbons (Fsp3) is 0.769. The summed E-state index contributed by atoms with van der Waals surface area (Å²) in [6, 6.07) is 0. The Balaban J connectivity index is 2.98. The van der Waals surface area contributed by atoms with Gasteiger partial charge in [-0.05, 0) is 33.4 Å². The second kappa shape index (κ2) is 4.92. The van der Waals surface area contributed by atoms with Gasteiger partial charge in [0, 0.05) is 5.25 Å². The van der Waals surface area contributed by atoms with E-state index in [1.54, 1.807) is 0 Å². The average molecular weight is 257 g/mol. The third-order valence-electron chi connectivity index (χ3n) is 3.40. The van der Waals surface area contributed by atoms with E-state index in [1.807, 2.05) is 30.5 Å².